The van der Waals surface area contributed by atoms with E-state index in [1.54, 1.807) is 7.11 Å². The fourth-order valence-corrected chi connectivity index (χ4v) is 1.23. The van der Waals surface area contributed by atoms with Crippen LogP contribution in [-0.4, -0.2) is 52.0 Å². The van der Waals surface area contributed by atoms with Gasteiger partial charge in [-0.15, -0.1) is 0 Å². The molecule has 5 nitrogen and oxygen atoms in total. The molecule has 102 valence electrons. The van der Waals surface area contributed by atoms with Gasteiger partial charge in [0, 0.05) is 20.3 Å². The number of carbonyl (C=O) groups excluding carboxylic acids is 1. The Hall–Kier alpha value is -0.650. The number of hydrogen-bond acceptors (Lipinski definition) is 4. The minimum Gasteiger partial charge on any atom is -0.382 e. The molecular formula is C12H26N2O3. The van der Waals surface area contributed by atoms with Crippen LogP contribution in [-0.2, 0) is 14.3 Å². The minimum atomic E-state index is -0.138. The number of ether oxygens (including phenoxy) is 2. The molecule has 0 saturated carbocycles. The number of carbonyl (C=O) groups is 1. The van der Waals surface area contributed by atoms with Gasteiger partial charge < -0.3 is 20.1 Å². The van der Waals surface area contributed by atoms with E-state index in [-0.39, 0.29) is 11.9 Å². The van der Waals surface area contributed by atoms with Crippen LogP contribution in [0.25, 0.3) is 0 Å². The second kappa shape index (κ2) is 11.8. The maximum absolute atomic E-state index is 11.5. The lowest BCUT2D eigenvalue weighted by Gasteiger charge is -2.13. The van der Waals surface area contributed by atoms with E-state index in [1.807, 2.05) is 13.8 Å². The van der Waals surface area contributed by atoms with Gasteiger partial charge in [0.25, 0.3) is 0 Å². The highest BCUT2D eigenvalue weighted by atomic mass is 16.5. The normalized spacial score (nSPS) is 12.4. The zero-order valence-electron chi connectivity index (χ0n) is 11.3. The van der Waals surface area contributed by atoms with Crippen LogP contribution in [0, 0.1) is 0 Å². The molecule has 0 bridgehead atoms. The van der Waals surface area contributed by atoms with Gasteiger partial charge in [-0.1, -0.05) is 6.92 Å². The summed E-state index contributed by atoms with van der Waals surface area (Å²) in [5, 5.41) is 6.01. The van der Waals surface area contributed by atoms with Crippen LogP contribution in [0.4, 0.5) is 0 Å². The zero-order chi connectivity index (χ0) is 12.9. The van der Waals surface area contributed by atoms with E-state index in [1.165, 1.54) is 0 Å². The van der Waals surface area contributed by atoms with Crippen LogP contribution in [0.2, 0.25) is 0 Å². The number of methoxy groups -OCH3 is 1. The summed E-state index contributed by atoms with van der Waals surface area (Å²) >= 11 is 0. The van der Waals surface area contributed by atoms with E-state index >= 15 is 0 Å². The molecule has 0 aliphatic rings. The molecule has 0 saturated heterocycles. The van der Waals surface area contributed by atoms with E-state index in [0.29, 0.717) is 19.8 Å². The first-order valence-electron chi connectivity index (χ1n) is 6.30. The smallest absolute Gasteiger partial charge is 0.236 e. The van der Waals surface area contributed by atoms with Gasteiger partial charge in [-0.3, -0.25) is 4.79 Å². The quantitative estimate of drug-likeness (QED) is 0.523. The summed E-state index contributed by atoms with van der Waals surface area (Å²) in [4.78, 5) is 11.5. The third-order valence-electron chi connectivity index (χ3n) is 2.29. The number of amides is 1. The van der Waals surface area contributed by atoms with Crippen molar-refractivity contribution in [2.24, 2.45) is 0 Å². The topological polar surface area (TPSA) is 59.6 Å². The first-order chi connectivity index (χ1) is 8.22. The Morgan fingerprint density at radius 1 is 1.24 bits per heavy atom. The van der Waals surface area contributed by atoms with Gasteiger partial charge in [-0.05, 0) is 26.3 Å². The van der Waals surface area contributed by atoms with Crippen molar-refractivity contribution in [3.63, 3.8) is 0 Å². The van der Waals surface area contributed by atoms with Gasteiger partial charge in [-0.25, -0.2) is 0 Å². The highest BCUT2D eigenvalue weighted by molar-refractivity contribution is 5.81. The zero-order valence-corrected chi connectivity index (χ0v) is 11.3. The first kappa shape index (κ1) is 16.4. The standard InChI is InChI=1S/C12H26N2O3/c1-4-6-14-12(15)11(2)13-7-5-8-17-10-9-16-3/h11,13H,4-10H2,1-3H3,(H,14,15). The van der Waals surface area contributed by atoms with Gasteiger partial charge in [0.1, 0.15) is 0 Å². The SMILES string of the molecule is CCCNC(=O)C(C)NCCCOCCOC. The van der Waals surface area contributed by atoms with Gasteiger partial charge in [0.2, 0.25) is 5.91 Å². The molecule has 0 rings (SSSR count). The fourth-order valence-electron chi connectivity index (χ4n) is 1.23. The molecule has 0 aromatic carbocycles. The summed E-state index contributed by atoms with van der Waals surface area (Å²) in [5.41, 5.74) is 0. The largest absolute Gasteiger partial charge is 0.382 e. The molecule has 2 N–H and O–H groups in total. The Morgan fingerprint density at radius 3 is 2.65 bits per heavy atom. The summed E-state index contributed by atoms with van der Waals surface area (Å²) in [6, 6.07) is -0.138. The second-order valence-electron chi connectivity index (χ2n) is 3.93. The molecule has 0 spiro atoms. The van der Waals surface area contributed by atoms with Crippen molar-refractivity contribution < 1.29 is 14.3 Å². The third kappa shape index (κ3) is 10.2. The second-order valence-corrected chi connectivity index (χ2v) is 3.93. The van der Waals surface area contributed by atoms with Gasteiger partial charge in [0.05, 0.1) is 19.3 Å². The third-order valence-corrected chi connectivity index (χ3v) is 2.29. The Kier molecular flexibility index (Phi) is 11.4. The molecule has 1 atom stereocenters. The summed E-state index contributed by atoms with van der Waals surface area (Å²) < 4.78 is 10.2. The molecule has 0 radical (unpaired) electrons. The Morgan fingerprint density at radius 2 is 2.00 bits per heavy atom. The van der Waals surface area contributed by atoms with Crippen molar-refractivity contribution in [1.82, 2.24) is 10.6 Å². The molecular weight excluding hydrogens is 220 g/mol. The summed E-state index contributed by atoms with van der Waals surface area (Å²) in [6.45, 7) is 7.39. The van der Waals surface area contributed by atoms with Crippen LogP contribution in [0.3, 0.4) is 0 Å². The lowest BCUT2D eigenvalue weighted by Crippen LogP contribution is -2.42. The van der Waals surface area contributed by atoms with Gasteiger partial charge >= 0.3 is 0 Å². The van der Waals surface area contributed by atoms with E-state index in [0.717, 1.165) is 25.9 Å². The van der Waals surface area contributed by atoms with E-state index in [9.17, 15) is 4.79 Å². The average Bonchev–Trinajstić information content (AvgIpc) is 2.34. The van der Waals surface area contributed by atoms with Crippen molar-refractivity contribution in [2.45, 2.75) is 32.7 Å². The maximum atomic E-state index is 11.5. The summed E-state index contributed by atoms with van der Waals surface area (Å²) in [6.07, 6.45) is 1.86. The highest BCUT2D eigenvalue weighted by Gasteiger charge is 2.09. The number of hydrogen-bond donors (Lipinski definition) is 2. The van der Waals surface area contributed by atoms with Gasteiger partial charge in [0.15, 0.2) is 0 Å². The van der Waals surface area contributed by atoms with Crippen LogP contribution in [0.5, 0.6) is 0 Å². The molecule has 5 heteroatoms. The van der Waals surface area contributed by atoms with E-state index < -0.39 is 0 Å². The van der Waals surface area contributed by atoms with Crippen molar-refractivity contribution in [3.8, 4) is 0 Å². The molecule has 0 aromatic rings. The monoisotopic (exact) mass is 246 g/mol. The van der Waals surface area contributed by atoms with Crippen LogP contribution >= 0.6 is 0 Å². The van der Waals surface area contributed by atoms with Crippen molar-refractivity contribution in [3.05, 3.63) is 0 Å². The summed E-state index contributed by atoms with van der Waals surface area (Å²) in [5.74, 6) is 0.0622. The lowest BCUT2D eigenvalue weighted by molar-refractivity contribution is -0.122. The van der Waals surface area contributed by atoms with Crippen molar-refractivity contribution in [1.29, 1.82) is 0 Å². The van der Waals surface area contributed by atoms with Crippen LogP contribution < -0.4 is 10.6 Å². The minimum absolute atomic E-state index is 0.0622. The maximum Gasteiger partial charge on any atom is 0.236 e. The molecule has 0 heterocycles. The Labute approximate surface area is 104 Å². The Bertz CT molecular complexity index is 189. The molecule has 0 aromatic heterocycles. The molecule has 0 fully saturated rings. The fraction of sp³-hybridized carbons (Fsp3) is 0.917. The van der Waals surface area contributed by atoms with E-state index in [4.69, 9.17) is 9.47 Å². The average molecular weight is 246 g/mol. The predicted molar refractivity (Wildman–Crippen MR) is 68.1 cm³/mol. The number of rotatable bonds is 11. The lowest BCUT2D eigenvalue weighted by atomic mass is 10.3. The van der Waals surface area contributed by atoms with Gasteiger partial charge in [-0.2, -0.15) is 0 Å². The molecule has 1 unspecified atom stereocenters. The Balaban J connectivity index is 3.32. The molecule has 0 aliphatic carbocycles. The number of nitrogens with one attached hydrogen (secondary N) is 2. The van der Waals surface area contributed by atoms with Crippen molar-refractivity contribution in [2.75, 3.05) is 40.0 Å². The summed E-state index contributed by atoms with van der Waals surface area (Å²) in [7, 11) is 1.65. The highest BCUT2D eigenvalue weighted by Crippen LogP contribution is 1.86. The predicted octanol–water partition coefficient (Wildman–Crippen LogP) is 0.544. The first-order valence-corrected chi connectivity index (χ1v) is 6.30. The molecule has 1 amide bonds. The molecule has 0 aliphatic heterocycles. The van der Waals surface area contributed by atoms with E-state index in [2.05, 4.69) is 10.6 Å². The van der Waals surface area contributed by atoms with Crippen molar-refractivity contribution >= 4 is 5.91 Å². The van der Waals surface area contributed by atoms with Crippen LogP contribution in [0.1, 0.15) is 26.7 Å². The van der Waals surface area contributed by atoms with Crippen LogP contribution in [0.15, 0.2) is 0 Å². The molecule has 17 heavy (non-hydrogen) atoms.